The van der Waals surface area contributed by atoms with Crippen molar-refractivity contribution in [1.29, 1.82) is 0 Å². The number of anilines is 2. The fraction of sp³-hybridized carbons (Fsp3) is 0.0345. The van der Waals surface area contributed by atoms with Crippen LogP contribution in [-0.4, -0.2) is 0 Å². The summed E-state index contributed by atoms with van der Waals surface area (Å²) in [6, 6.07) is 76.4. The van der Waals surface area contributed by atoms with Gasteiger partial charge in [0.2, 0.25) is 0 Å². The van der Waals surface area contributed by atoms with Crippen LogP contribution in [0.4, 0.5) is 11.4 Å². The summed E-state index contributed by atoms with van der Waals surface area (Å²) in [6.45, 7) is 0. The van der Waals surface area contributed by atoms with Gasteiger partial charge in [0, 0.05) is 39.0 Å². The monoisotopic (exact) mass is 767 g/mol. The van der Waals surface area contributed by atoms with Gasteiger partial charge in [-0.3, -0.25) is 0 Å². The van der Waals surface area contributed by atoms with Gasteiger partial charge in [-0.05, 0) is 105 Å². The van der Waals surface area contributed by atoms with Gasteiger partial charge in [0.25, 0.3) is 0 Å². The molecule has 2 heteroatoms. The highest BCUT2D eigenvalue weighted by Crippen LogP contribution is 2.44. The first-order valence-corrected chi connectivity index (χ1v) is 20.8. The number of hydrogen-bond acceptors (Lipinski definition) is 2. The van der Waals surface area contributed by atoms with Crippen molar-refractivity contribution in [2.45, 2.75) is 12.3 Å². The molecule has 0 N–H and O–H groups in total. The van der Waals surface area contributed by atoms with Crippen LogP contribution in [0.1, 0.15) is 17.9 Å². The first-order chi connectivity index (χ1) is 29.7. The molecule has 0 spiro atoms. The molecule has 11 rings (SSSR count). The number of allylic oxidation sites excluding steroid dienone is 3. The van der Waals surface area contributed by atoms with E-state index in [9.17, 15) is 0 Å². The molecule has 9 aromatic carbocycles. The Morgan fingerprint density at radius 1 is 0.433 bits per heavy atom. The second-order valence-corrected chi connectivity index (χ2v) is 15.6. The lowest BCUT2D eigenvalue weighted by atomic mass is 9.90. The minimum Gasteiger partial charge on any atom is -0.455 e. The van der Waals surface area contributed by atoms with Crippen LogP contribution < -0.4 is 4.90 Å². The van der Waals surface area contributed by atoms with Gasteiger partial charge >= 0.3 is 0 Å². The van der Waals surface area contributed by atoms with Crippen LogP contribution in [0.3, 0.4) is 0 Å². The Bertz CT molecular complexity index is 3210. The fourth-order valence-corrected chi connectivity index (χ4v) is 8.99. The summed E-state index contributed by atoms with van der Waals surface area (Å²) in [7, 11) is 0. The first-order valence-electron chi connectivity index (χ1n) is 20.8. The molecule has 1 unspecified atom stereocenters. The molecule has 10 aromatic rings. The third-order valence-electron chi connectivity index (χ3n) is 12.0. The molecule has 1 aromatic heterocycles. The largest absolute Gasteiger partial charge is 0.455 e. The van der Waals surface area contributed by atoms with Gasteiger partial charge in [-0.2, -0.15) is 0 Å². The van der Waals surface area contributed by atoms with Crippen molar-refractivity contribution in [3.05, 3.63) is 242 Å². The molecule has 2 nitrogen and oxygen atoms in total. The zero-order valence-electron chi connectivity index (χ0n) is 33.1. The Kier molecular flexibility index (Phi) is 9.02. The maximum absolute atomic E-state index is 6.53. The third kappa shape index (κ3) is 6.49. The van der Waals surface area contributed by atoms with E-state index in [4.69, 9.17) is 4.42 Å². The molecular formula is C58H41NO. The molecule has 0 saturated heterocycles. The zero-order valence-corrected chi connectivity index (χ0v) is 33.1. The first kappa shape index (κ1) is 35.5. The van der Waals surface area contributed by atoms with Gasteiger partial charge in [-0.25, -0.2) is 0 Å². The third-order valence-corrected chi connectivity index (χ3v) is 12.0. The number of fused-ring (bicyclic) bond motifs is 5. The van der Waals surface area contributed by atoms with Crippen LogP contribution in [0, 0.1) is 0 Å². The Morgan fingerprint density at radius 2 is 1.10 bits per heavy atom. The molecular weight excluding hydrogens is 727 g/mol. The van der Waals surface area contributed by atoms with Crippen LogP contribution in [0.25, 0.3) is 77.2 Å². The predicted molar refractivity (Wildman–Crippen MR) is 253 cm³/mol. The highest BCUT2D eigenvalue weighted by atomic mass is 16.3. The summed E-state index contributed by atoms with van der Waals surface area (Å²) in [4.78, 5) is 2.43. The lowest BCUT2D eigenvalue weighted by molar-refractivity contribution is 0.672. The number of rotatable bonds is 8. The Morgan fingerprint density at radius 3 is 1.87 bits per heavy atom. The van der Waals surface area contributed by atoms with Gasteiger partial charge in [0.15, 0.2) is 0 Å². The smallest absolute Gasteiger partial charge is 0.143 e. The summed E-state index contributed by atoms with van der Waals surface area (Å²) in [5, 5.41) is 4.57. The standard InChI is InChI=1S/C58H41NO/c1-4-14-40(15-5-1)41-24-31-48(32-25-41)59(49-33-26-42(27-34-49)46-29-35-50(43-16-6-2-7-17-43)54(38-46)44-18-8-3-9-19-44)56-23-13-12-21-51(56)47-30-37-57-55(39-47)53-36-28-45-20-10-11-22-52(45)58(53)60-57/h1-24,26-39,41H,25H2. The molecule has 0 amide bonds. The minimum absolute atomic E-state index is 0.333. The Hall–Kier alpha value is -7.68. The van der Waals surface area contributed by atoms with Gasteiger partial charge in [-0.15, -0.1) is 0 Å². The predicted octanol–water partition coefficient (Wildman–Crippen LogP) is 16.2. The van der Waals surface area contributed by atoms with E-state index >= 15 is 0 Å². The van der Waals surface area contributed by atoms with Crippen molar-refractivity contribution in [1.82, 2.24) is 0 Å². The van der Waals surface area contributed by atoms with Crippen molar-refractivity contribution in [2.24, 2.45) is 0 Å². The van der Waals surface area contributed by atoms with E-state index in [1.807, 2.05) is 0 Å². The molecule has 0 aliphatic heterocycles. The quantitative estimate of drug-likeness (QED) is 0.153. The number of nitrogens with zero attached hydrogens (tertiary/aromatic N) is 1. The molecule has 1 heterocycles. The average molecular weight is 768 g/mol. The highest BCUT2D eigenvalue weighted by molar-refractivity contribution is 6.15. The lowest BCUT2D eigenvalue weighted by Crippen LogP contribution is -2.18. The molecule has 0 radical (unpaired) electrons. The number of benzene rings is 9. The minimum atomic E-state index is 0.333. The second-order valence-electron chi connectivity index (χ2n) is 15.6. The van der Waals surface area contributed by atoms with E-state index in [1.54, 1.807) is 0 Å². The second kappa shape index (κ2) is 15.2. The molecule has 1 atom stereocenters. The normalized spacial score (nSPS) is 13.8. The molecule has 0 saturated carbocycles. The average Bonchev–Trinajstić information content (AvgIpc) is 3.72. The van der Waals surface area contributed by atoms with Crippen molar-refractivity contribution in [3.8, 4) is 44.5 Å². The van der Waals surface area contributed by atoms with Crippen LogP contribution >= 0.6 is 0 Å². The maximum atomic E-state index is 6.53. The fourth-order valence-electron chi connectivity index (χ4n) is 8.99. The van der Waals surface area contributed by atoms with Gasteiger partial charge < -0.3 is 9.32 Å². The SMILES string of the molecule is C1=CC(c2ccccc2)CC=C1N(c1ccc(-c2ccc(-c3ccccc3)c(-c3ccccc3)c2)cc1)c1ccccc1-c1ccc2oc3c4ccccc4ccc3c2c1. The van der Waals surface area contributed by atoms with E-state index in [0.29, 0.717) is 5.92 Å². The van der Waals surface area contributed by atoms with Crippen LogP contribution in [-0.2, 0) is 0 Å². The Balaban J connectivity index is 1.01. The van der Waals surface area contributed by atoms with Gasteiger partial charge in [-0.1, -0.05) is 182 Å². The molecule has 1 aliphatic rings. The topological polar surface area (TPSA) is 16.4 Å². The summed E-state index contributed by atoms with van der Waals surface area (Å²) in [5.41, 5.74) is 16.1. The van der Waals surface area contributed by atoms with Crippen molar-refractivity contribution in [2.75, 3.05) is 4.90 Å². The number of para-hydroxylation sites is 1. The van der Waals surface area contributed by atoms with Crippen molar-refractivity contribution in [3.63, 3.8) is 0 Å². The number of hydrogen-bond donors (Lipinski definition) is 0. The van der Waals surface area contributed by atoms with E-state index < -0.39 is 0 Å². The molecule has 0 bridgehead atoms. The molecule has 284 valence electrons. The van der Waals surface area contributed by atoms with Crippen LogP contribution in [0.5, 0.6) is 0 Å². The van der Waals surface area contributed by atoms with Gasteiger partial charge in [0.1, 0.15) is 11.2 Å². The summed E-state index contributed by atoms with van der Waals surface area (Å²) >= 11 is 0. The zero-order chi connectivity index (χ0) is 39.8. The van der Waals surface area contributed by atoms with Gasteiger partial charge in [0.05, 0.1) is 5.69 Å². The summed E-state index contributed by atoms with van der Waals surface area (Å²) in [6.07, 6.45) is 7.98. The molecule has 1 aliphatic carbocycles. The van der Waals surface area contributed by atoms with E-state index in [-0.39, 0.29) is 0 Å². The molecule has 60 heavy (non-hydrogen) atoms. The maximum Gasteiger partial charge on any atom is 0.143 e. The van der Waals surface area contributed by atoms with Crippen LogP contribution in [0.15, 0.2) is 241 Å². The highest BCUT2D eigenvalue weighted by Gasteiger charge is 2.22. The van der Waals surface area contributed by atoms with Crippen LogP contribution in [0.2, 0.25) is 0 Å². The van der Waals surface area contributed by atoms with Crippen molar-refractivity contribution >= 4 is 44.1 Å². The van der Waals surface area contributed by atoms with E-state index in [2.05, 4.69) is 235 Å². The van der Waals surface area contributed by atoms with E-state index in [0.717, 1.165) is 61.9 Å². The summed E-state index contributed by atoms with van der Waals surface area (Å²) < 4.78 is 6.53. The summed E-state index contributed by atoms with van der Waals surface area (Å²) in [5.74, 6) is 0.333. The van der Waals surface area contributed by atoms with Crippen molar-refractivity contribution < 1.29 is 4.42 Å². The Labute approximate surface area is 350 Å². The number of furan rings is 1. The lowest BCUT2D eigenvalue weighted by Gasteiger charge is -2.31. The molecule has 0 fully saturated rings. The van der Waals surface area contributed by atoms with E-state index in [1.165, 1.54) is 44.3 Å².